The summed E-state index contributed by atoms with van der Waals surface area (Å²) in [7, 11) is 0. The molecule has 0 saturated carbocycles. The first-order chi connectivity index (χ1) is 15.5. The molecule has 1 saturated heterocycles. The Hall–Kier alpha value is -3.84. The summed E-state index contributed by atoms with van der Waals surface area (Å²) >= 11 is 6.05. The van der Waals surface area contributed by atoms with Crippen molar-refractivity contribution in [2.24, 2.45) is 0 Å². The summed E-state index contributed by atoms with van der Waals surface area (Å²) in [4.78, 5) is 31.8. The molecule has 0 radical (unpaired) electrons. The summed E-state index contributed by atoms with van der Waals surface area (Å²) in [6.07, 6.45) is 1.62. The smallest absolute Gasteiger partial charge is 0.296 e. The van der Waals surface area contributed by atoms with Crippen molar-refractivity contribution < 1.29 is 24.2 Å². The average Bonchev–Trinajstić information content (AvgIpc) is 3.38. The lowest BCUT2D eigenvalue weighted by atomic mass is 9.95. The van der Waals surface area contributed by atoms with Gasteiger partial charge in [-0.1, -0.05) is 29.8 Å². The van der Waals surface area contributed by atoms with E-state index in [4.69, 9.17) is 21.1 Å². The molecule has 2 aliphatic heterocycles. The molecule has 1 fully saturated rings. The van der Waals surface area contributed by atoms with Crippen LogP contribution in [-0.2, 0) is 16.1 Å². The third-order valence-corrected chi connectivity index (χ3v) is 5.68. The van der Waals surface area contributed by atoms with Gasteiger partial charge in [0.05, 0.1) is 23.9 Å². The van der Waals surface area contributed by atoms with Gasteiger partial charge in [-0.05, 0) is 48.0 Å². The number of carbonyl (C=O) groups is 2. The maximum absolute atomic E-state index is 13.1. The molecule has 8 heteroatoms. The van der Waals surface area contributed by atoms with Crippen molar-refractivity contribution in [3.8, 4) is 11.5 Å². The molecule has 2 aliphatic rings. The Bertz CT molecular complexity index is 1240. The molecule has 3 heterocycles. The van der Waals surface area contributed by atoms with E-state index in [1.165, 1.54) is 4.90 Å². The predicted molar refractivity (Wildman–Crippen MR) is 116 cm³/mol. The zero-order valence-corrected chi connectivity index (χ0v) is 17.5. The highest BCUT2D eigenvalue weighted by Gasteiger charge is 2.46. The number of hydrogen-bond donors (Lipinski definition) is 1. The molecule has 2 aromatic carbocycles. The number of Topliss-reactive ketones (excluding diaryl/α,β-unsaturated/α-hetero) is 1. The minimum absolute atomic E-state index is 0.00730. The van der Waals surface area contributed by atoms with Gasteiger partial charge in [-0.2, -0.15) is 0 Å². The number of halogens is 1. The van der Waals surface area contributed by atoms with Crippen molar-refractivity contribution in [3.63, 3.8) is 0 Å². The van der Waals surface area contributed by atoms with Crippen LogP contribution in [0.5, 0.6) is 11.5 Å². The first kappa shape index (κ1) is 20.1. The number of aliphatic hydroxyl groups is 1. The van der Waals surface area contributed by atoms with E-state index in [1.807, 2.05) is 6.07 Å². The molecule has 3 aromatic rings. The zero-order chi connectivity index (χ0) is 22.2. The quantitative estimate of drug-likeness (QED) is 0.367. The average molecular weight is 449 g/mol. The van der Waals surface area contributed by atoms with E-state index < -0.39 is 17.7 Å². The van der Waals surface area contributed by atoms with Crippen LogP contribution in [0.15, 0.2) is 72.4 Å². The third kappa shape index (κ3) is 3.46. The van der Waals surface area contributed by atoms with Gasteiger partial charge >= 0.3 is 0 Å². The van der Waals surface area contributed by atoms with E-state index in [1.54, 1.807) is 60.8 Å². The SMILES string of the molecule is O=C1C(=O)N(Cc2ccccn2)C(c2ccc(Cl)cc2)/C1=C(/O)c1ccc2c(c1)OCO2. The second-order valence-corrected chi connectivity index (χ2v) is 7.80. The minimum Gasteiger partial charge on any atom is -0.507 e. The number of rotatable bonds is 4. The van der Waals surface area contributed by atoms with Gasteiger partial charge in [0, 0.05) is 16.8 Å². The van der Waals surface area contributed by atoms with Gasteiger partial charge in [-0.15, -0.1) is 0 Å². The monoisotopic (exact) mass is 448 g/mol. The molecular weight excluding hydrogens is 432 g/mol. The van der Waals surface area contributed by atoms with Gasteiger partial charge in [-0.25, -0.2) is 0 Å². The molecule has 1 aromatic heterocycles. The number of ether oxygens (including phenoxy) is 2. The van der Waals surface area contributed by atoms with Crippen molar-refractivity contribution >= 4 is 29.1 Å². The topological polar surface area (TPSA) is 89.0 Å². The lowest BCUT2D eigenvalue weighted by molar-refractivity contribution is -0.140. The second kappa shape index (κ2) is 8.01. The fourth-order valence-corrected chi connectivity index (χ4v) is 4.03. The highest BCUT2D eigenvalue weighted by Crippen LogP contribution is 2.42. The van der Waals surface area contributed by atoms with Gasteiger partial charge in [0.1, 0.15) is 5.76 Å². The van der Waals surface area contributed by atoms with Crippen LogP contribution < -0.4 is 9.47 Å². The summed E-state index contributed by atoms with van der Waals surface area (Å²) < 4.78 is 10.7. The molecule has 1 amide bonds. The number of pyridine rings is 1. The van der Waals surface area contributed by atoms with E-state index in [0.29, 0.717) is 33.3 Å². The number of nitrogens with zero attached hydrogens (tertiary/aromatic N) is 2. The van der Waals surface area contributed by atoms with Crippen molar-refractivity contribution in [1.82, 2.24) is 9.88 Å². The van der Waals surface area contributed by atoms with E-state index in [0.717, 1.165) is 0 Å². The Morgan fingerprint density at radius 3 is 2.59 bits per heavy atom. The van der Waals surface area contributed by atoms with Crippen molar-refractivity contribution in [2.45, 2.75) is 12.6 Å². The third-order valence-electron chi connectivity index (χ3n) is 5.43. The van der Waals surface area contributed by atoms with Crippen LogP contribution in [0.2, 0.25) is 5.02 Å². The Morgan fingerprint density at radius 2 is 1.84 bits per heavy atom. The number of hydrogen-bond acceptors (Lipinski definition) is 6. The fourth-order valence-electron chi connectivity index (χ4n) is 3.90. The van der Waals surface area contributed by atoms with Crippen LogP contribution in [0.25, 0.3) is 5.76 Å². The highest BCUT2D eigenvalue weighted by molar-refractivity contribution is 6.46. The molecule has 0 spiro atoms. The number of aromatic nitrogens is 1. The molecule has 1 unspecified atom stereocenters. The number of carbonyl (C=O) groups excluding carboxylic acids is 2. The predicted octanol–water partition coefficient (Wildman–Crippen LogP) is 4.09. The Labute approximate surface area is 188 Å². The Kier molecular flexibility index (Phi) is 5.03. The van der Waals surface area contributed by atoms with Gasteiger partial charge < -0.3 is 19.5 Å². The summed E-state index contributed by atoms with van der Waals surface area (Å²) in [5.41, 5.74) is 1.61. The number of ketones is 1. The number of benzene rings is 2. The van der Waals surface area contributed by atoms with E-state index in [9.17, 15) is 14.7 Å². The van der Waals surface area contributed by atoms with Gasteiger partial charge in [0.2, 0.25) is 6.79 Å². The summed E-state index contributed by atoms with van der Waals surface area (Å²) in [5.74, 6) is -0.759. The van der Waals surface area contributed by atoms with Gasteiger partial charge in [0.15, 0.2) is 11.5 Å². The van der Waals surface area contributed by atoms with Crippen LogP contribution in [-0.4, -0.2) is 33.5 Å². The Morgan fingerprint density at radius 1 is 1.06 bits per heavy atom. The first-order valence-corrected chi connectivity index (χ1v) is 10.2. The first-order valence-electron chi connectivity index (χ1n) is 9.87. The molecule has 1 N–H and O–H groups in total. The number of fused-ring (bicyclic) bond motifs is 1. The fraction of sp³-hybridized carbons (Fsp3) is 0.125. The molecule has 32 heavy (non-hydrogen) atoms. The van der Waals surface area contributed by atoms with Crippen molar-refractivity contribution in [2.75, 3.05) is 6.79 Å². The zero-order valence-electron chi connectivity index (χ0n) is 16.7. The van der Waals surface area contributed by atoms with Crippen LogP contribution in [0.4, 0.5) is 0 Å². The highest BCUT2D eigenvalue weighted by atomic mass is 35.5. The van der Waals surface area contributed by atoms with Crippen LogP contribution in [0.3, 0.4) is 0 Å². The van der Waals surface area contributed by atoms with Gasteiger partial charge in [0.25, 0.3) is 11.7 Å². The molecule has 0 aliphatic carbocycles. The van der Waals surface area contributed by atoms with Crippen LogP contribution in [0.1, 0.15) is 22.9 Å². The number of aliphatic hydroxyl groups excluding tert-OH is 1. The van der Waals surface area contributed by atoms with Crippen LogP contribution in [0, 0.1) is 0 Å². The summed E-state index contributed by atoms with van der Waals surface area (Å²) in [5, 5.41) is 11.7. The molecule has 5 rings (SSSR count). The largest absolute Gasteiger partial charge is 0.507 e. The maximum atomic E-state index is 13.1. The van der Waals surface area contributed by atoms with Crippen LogP contribution >= 0.6 is 11.6 Å². The van der Waals surface area contributed by atoms with Crippen molar-refractivity contribution in [1.29, 1.82) is 0 Å². The molecular formula is C24H17ClN2O5. The second-order valence-electron chi connectivity index (χ2n) is 7.37. The molecule has 1 atom stereocenters. The summed E-state index contributed by atoms with van der Waals surface area (Å²) in [6, 6.07) is 16.2. The number of likely N-dealkylation sites (tertiary alicyclic amines) is 1. The lowest BCUT2D eigenvalue weighted by Crippen LogP contribution is -2.29. The Balaban J connectivity index is 1.64. The normalized spacial score (nSPS) is 18.9. The maximum Gasteiger partial charge on any atom is 0.296 e. The molecule has 0 bridgehead atoms. The van der Waals surface area contributed by atoms with E-state index >= 15 is 0 Å². The van der Waals surface area contributed by atoms with E-state index in [-0.39, 0.29) is 24.7 Å². The lowest BCUT2D eigenvalue weighted by Gasteiger charge is -2.25. The summed E-state index contributed by atoms with van der Waals surface area (Å²) in [6.45, 7) is 0.190. The van der Waals surface area contributed by atoms with Gasteiger partial charge in [-0.3, -0.25) is 14.6 Å². The van der Waals surface area contributed by atoms with E-state index in [2.05, 4.69) is 4.98 Å². The molecule has 7 nitrogen and oxygen atoms in total. The van der Waals surface area contributed by atoms with Crippen molar-refractivity contribution in [3.05, 3.63) is 94.3 Å². The standard InChI is InChI=1S/C24H17ClN2O5/c25-16-7-4-14(5-8-16)21-20(22(28)15-6-9-18-19(11-15)32-13-31-18)23(29)24(30)27(21)12-17-3-1-2-10-26-17/h1-11,21,28H,12-13H2/b22-20-. The molecule has 160 valence electrons. The minimum atomic E-state index is -0.806. The number of amides is 1.